The van der Waals surface area contributed by atoms with Crippen LogP contribution in [0.4, 0.5) is 0 Å². The summed E-state index contributed by atoms with van der Waals surface area (Å²) in [5.41, 5.74) is -0.682. The van der Waals surface area contributed by atoms with Gasteiger partial charge in [-0.3, -0.25) is 4.79 Å². The highest BCUT2D eigenvalue weighted by Gasteiger charge is 2.33. The lowest BCUT2D eigenvalue weighted by molar-refractivity contribution is -0.125. The predicted octanol–water partition coefficient (Wildman–Crippen LogP) is 1.58. The molecule has 1 amide bonds. The van der Waals surface area contributed by atoms with Gasteiger partial charge in [0.05, 0.1) is 11.6 Å². The quantitative estimate of drug-likeness (QED) is 0.728. The number of hydrogen-bond acceptors (Lipinski definition) is 3. The minimum absolute atomic E-state index is 0.0629. The topological polar surface area (TPSA) is 61.4 Å². The summed E-state index contributed by atoms with van der Waals surface area (Å²) in [6, 6.07) is -0.0629. The van der Waals surface area contributed by atoms with E-state index in [1.807, 2.05) is 0 Å². The molecule has 0 aromatic heterocycles. The number of aliphatic hydroxyl groups is 1. The predicted molar refractivity (Wildman–Crippen MR) is 75.9 cm³/mol. The maximum absolute atomic E-state index is 12.1. The third-order valence-corrected chi connectivity index (χ3v) is 4.54. The molecule has 2 aliphatic rings. The van der Waals surface area contributed by atoms with Gasteiger partial charge in [-0.05, 0) is 38.1 Å². The van der Waals surface area contributed by atoms with Crippen LogP contribution in [0.5, 0.6) is 0 Å². The SMILES string of the molecule is CC1CCCC(O)(CNC(=O)C2CCCCCN2)C1. The molecule has 3 unspecified atom stereocenters. The highest BCUT2D eigenvalue weighted by Crippen LogP contribution is 2.31. The summed E-state index contributed by atoms with van der Waals surface area (Å²) in [5.74, 6) is 0.625. The van der Waals surface area contributed by atoms with Crippen LogP contribution in [0.1, 0.15) is 58.3 Å². The van der Waals surface area contributed by atoms with Crippen molar-refractivity contribution in [3.8, 4) is 0 Å². The van der Waals surface area contributed by atoms with Crippen LogP contribution >= 0.6 is 0 Å². The summed E-state index contributed by atoms with van der Waals surface area (Å²) in [6.07, 6.45) is 8.28. The lowest BCUT2D eigenvalue weighted by atomic mass is 9.79. The first kappa shape index (κ1) is 14.8. The van der Waals surface area contributed by atoms with Gasteiger partial charge in [-0.2, -0.15) is 0 Å². The fourth-order valence-corrected chi connectivity index (χ4v) is 3.42. The second-order valence-electron chi connectivity index (χ2n) is 6.50. The van der Waals surface area contributed by atoms with E-state index >= 15 is 0 Å². The van der Waals surface area contributed by atoms with Gasteiger partial charge in [0.1, 0.15) is 0 Å². The molecule has 3 atom stereocenters. The molecule has 110 valence electrons. The Balaban J connectivity index is 1.78. The normalized spacial score (nSPS) is 36.5. The highest BCUT2D eigenvalue weighted by molar-refractivity contribution is 5.81. The Labute approximate surface area is 116 Å². The standard InChI is InChI=1S/C15H28N2O2/c1-12-6-5-8-15(19,10-12)11-17-14(18)13-7-3-2-4-9-16-13/h12-13,16,19H,2-11H2,1H3,(H,17,18). The van der Waals surface area contributed by atoms with Crippen molar-refractivity contribution < 1.29 is 9.90 Å². The minimum atomic E-state index is -0.682. The largest absolute Gasteiger partial charge is 0.388 e. The second-order valence-corrected chi connectivity index (χ2v) is 6.50. The van der Waals surface area contributed by atoms with Crippen molar-refractivity contribution in [1.82, 2.24) is 10.6 Å². The lowest BCUT2D eigenvalue weighted by Gasteiger charge is -2.36. The van der Waals surface area contributed by atoms with Crippen LogP contribution in [0.3, 0.4) is 0 Å². The van der Waals surface area contributed by atoms with E-state index in [1.165, 1.54) is 12.8 Å². The van der Waals surface area contributed by atoms with E-state index in [0.717, 1.165) is 45.1 Å². The van der Waals surface area contributed by atoms with Crippen LogP contribution in [-0.4, -0.2) is 35.7 Å². The van der Waals surface area contributed by atoms with E-state index in [-0.39, 0.29) is 11.9 Å². The first-order chi connectivity index (χ1) is 9.09. The summed E-state index contributed by atoms with van der Waals surface area (Å²) in [6.45, 7) is 3.52. The Bertz CT molecular complexity index is 301. The molecule has 4 nitrogen and oxygen atoms in total. The molecular weight excluding hydrogens is 240 g/mol. The van der Waals surface area contributed by atoms with Crippen LogP contribution in [0.15, 0.2) is 0 Å². The van der Waals surface area contributed by atoms with Gasteiger partial charge in [-0.25, -0.2) is 0 Å². The Hall–Kier alpha value is -0.610. The molecule has 0 aromatic rings. The van der Waals surface area contributed by atoms with E-state index in [2.05, 4.69) is 17.6 Å². The maximum Gasteiger partial charge on any atom is 0.237 e. The lowest BCUT2D eigenvalue weighted by Crippen LogP contribution is -2.50. The van der Waals surface area contributed by atoms with Crippen LogP contribution in [0.2, 0.25) is 0 Å². The van der Waals surface area contributed by atoms with E-state index < -0.39 is 5.60 Å². The Morgan fingerprint density at radius 1 is 1.32 bits per heavy atom. The zero-order valence-electron chi connectivity index (χ0n) is 12.1. The van der Waals surface area contributed by atoms with Crippen molar-refractivity contribution >= 4 is 5.91 Å². The highest BCUT2D eigenvalue weighted by atomic mass is 16.3. The van der Waals surface area contributed by atoms with Gasteiger partial charge in [0.2, 0.25) is 5.91 Å². The first-order valence-corrected chi connectivity index (χ1v) is 7.82. The molecule has 19 heavy (non-hydrogen) atoms. The Kier molecular flexibility index (Phi) is 5.22. The molecule has 1 aliphatic carbocycles. The van der Waals surface area contributed by atoms with E-state index in [4.69, 9.17) is 0 Å². The van der Waals surface area contributed by atoms with Crippen LogP contribution in [-0.2, 0) is 4.79 Å². The molecule has 1 heterocycles. The second kappa shape index (κ2) is 6.71. The first-order valence-electron chi connectivity index (χ1n) is 7.82. The smallest absolute Gasteiger partial charge is 0.237 e. The summed E-state index contributed by atoms with van der Waals surface area (Å²) in [4.78, 5) is 12.1. The molecular formula is C15H28N2O2. The van der Waals surface area contributed by atoms with Gasteiger partial charge in [-0.1, -0.05) is 32.6 Å². The fourth-order valence-electron chi connectivity index (χ4n) is 3.42. The van der Waals surface area contributed by atoms with Gasteiger partial charge >= 0.3 is 0 Å². The van der Waals surface area contributed by atoms with Crippen molar-refractivity contribution in [3.05, 3.63) is 0 Å². The van der Waals surface area contributed by atoms with Crippen LogP contribution in [0, 0.1) is 5.92 Å². The monoisotopic (exact) mass is 268 g/mol. The minimum Gasteiger partial charge on any atom is -0.388 e. The molecule has 1 saturated heterocycles. The third-order valence-electron chi connectivity index (χ3n) is 4.54. The molecule has 0 radical (unpaired) electrons. The molecule has 4 heteroatoms. The molecule has 0 bridgehead atoms. The number of amides is 1. The van der Waals surface area contributed by atoms with Crippen molar-refractivity contribution in [2.24, 2.45) is 5.92 Å². The van der Waals surface area contributed by atoms with E-state index in [0.29, 0.717) is 12.5 Å². The van der Waals surface area contributed by atoms with Crippen LogP contribution in [0.25, 0.3) is 0 Å². The molecule has 1 saturated carbocycles. The number of rotatable bonds is 3. The van der Waals surface area contributed by atoms with Gasteiger partial charge in [-0.15, -0.1) is 0 Å². The average Bonchev–Trinajstić information content (AvgIpc) is 2.64. The molecule has 2 rings (SSSR count). The Morgan fingerprint density at radius 2 is 2.16 bits per heavy atom. The third kappa shape index (κ3) is 4.46. The van der Waals surface area contributed by atoms with E-state index in [9.17, 15) is 9.90 Å². The van der Waals surface area contributed by atoms with Gasteiger partial charge in [0.15, 0.2) is 0 Å². The maximum atomic E-state index is 12.1. The fraction of sp³-hybridized carbons (Fsp3) is 0.933. The average molecular weight is 268 g/mol. The van der Waals surface area contributed by atoms with Crippen molar-refractivity contribution in [2.75, 3.05) is 13.1 Å². The van der Waals surface area contributed by atoms with Gasteiger partial charge in [0.25, 0.3) is 0 Å². The molecule has 3 N–H and O–H groups in total. The number of nitrogens with one attached hydrogen (secondary N) is 2. The van der Waals surface area contributed by atoms with Gasteiger partial charge in [0, 0.05) is 6.54 Å². The number of carbonyl (C=O) groups is 1. The van der Waals surface area contributed by atoms with E-state index in [1.54, 1.807) is 0 Å². The summed E-state index contributed by atoms with van der Waals surface area (Å²) in [5, 5.41) is 16.8. The Morgan fingerprint density at radius 3 is 2.95 bits per heavy atom. The molecule has 0 aromatic carbocycles. The van der Waals surface area contributed by atoms with Crippen LogP contribution < -0.4 is 10.6 Å². The number of hydrogen-bond donors (Lipinski definition) is 3. The summed E-state index contributed by atoms with van der Waals surface area (Å²) in [7, 11) is 0. The van der Waals surface area contributed by atoms with Crippen molar-refractivity contribution in [1.29, 1.82) is 0 Å². The summed E-state index contributed by atoms with van der Waals surface area (Å²) >= 11 is 0. The number of carbonyl (C=O) groups excluding carboxylic acids is 1. The zero-order valence-corrected chi connectivity index (χ0v) is 12.1. The zero-order chi connectivity index (χ0) is 13.7. The molecule has 0 spiro atoms. The van der Waals surface area contributed by atoms with Crippen molar-refractivity contribution in [3.63, 3.8) is 0 Å². The molecule has 1 aliphatic heterocycles. The van der Waals surface area contributed by atoms with Crippen molar-refractivity contribution in [2.45, 2.75) is 69.9 Å². The van der Waals surface area contributed by atoms with Gasteiger partial charge < -0.3 is 15.7 Å². The molecule has 2 fully saturated rings. The summed E-state index contributed by atoms with van der Waals surface area (Å²) < 4.78 is 0.